The number of halogens is 1. The fourth-order valence-electron chi connectivity index (χ4n) is 3.90. The van der Waals surface area contributed by atoms with Crippen molar-refractivity contribution < 1.29 is 12.9 Å². The van der Waals surface area contributed by atoms with E-state index >= 15 is 0 Å². The highest BCUT2D eigenvalue weighted by Gasteiger charge is 2.39. The van der Waals surface area contributed by atoms with E-state index in [1.54, 1.807) is 31.3 Å². The Kier molecular flexibility index (Phi) is 6.14. The molecule has 2 aromatic rings. The smallest absolute Gasteiger partial charge is 0.257 e. The standard InChI is InChI=1S/C19H26N4O3S.ClH/c1-23(15-6-3-2-4-7-15)27(24,25)16-10-8-14(9-11-16)17-21-18(22-26-17)19(20)12-5-13-19;/h8-11,15H,2-7,12-13,20H2,1H3;1H. The molecule has 0 spiro atoms. The van der Waals surface area contributed by atoms with Crippen LogP contribution in [0.3, 0.4) is 0 Å². The van der Waals surface area contributed by atoms with Crippen molar-refractivity contribution in [3.63, 3.8) is 0 Å². The zero-order valence-corrected chi connectivity index (χ0v) is 17.6. The van der Waals surface area contributed by atoms with Gasteiger partial charge >= 0.3 is 0 Å². The Labute approximate surface area is 172 Å². The number of hydrogen-bond donors (Lipinski definition) is 1. The number of sulfonamides is 1. The summed E-state index contributed by atoms with van der Waals surface area (Å²) in [6.07, 6.45) is 8.01. The van der Waals surface area contributed by atoms with Crippen molar-refractivity contribution in [3.05, 3.63) is 30.1 Å². The number of nitrogens with two attached hydrogens (primary N) is 1. The van der Waals surface area contributed by atoms with E-state index in [9.17, 15) is 8.42 Å². The van der Waals surface area contributed by atoms with Crippen LogP contribution >= 0.6 is 12.4 Å². The molecule has 0 saturated heterocycles. The third-order valence-corrected chi connectivity index (χ3v) is 7.91. The van der Waals surface area contributed by atoms with Crippen molar-refractivity contribution in [2.75, 3.05) is 7.05 Å². The van der Waals surface area contributed by atoms with Gasteiger partial charge in [0.2, 0.25) is 10.0 Å². The fourth-order valence-corrected chi connectivity index (χ4v) is 5.32. The van der Waals surface area contributed by atoms with E-state index in [-0.39, 0.29) is 23.3 Å². The zero-order valence-electron chi connectivity index (χ0n) is 16.0. The van der Waals surface area contributed by atoms with Crippen molar-refractivity contribution in [2.45, 2.75) is 67.8 Å². The summed E-state index contributed by atoms with van der Waals surface area (Å²) in [5.41, 5.74) is 6.44. The maximum Gasteiger partial charge on any atom is 0.257 e. The van der Waals surface area contributed by atoms with Crippen LogP contribution < -0.4 is 5.73 Å². The molecule has 2 N–H and O–H groups in total. The first kappa shape index (κ1) is 21.2. The number of hydrogen-bond acceptors (Lipinski definition) is 6. The van der Waals surface area contributed by atoms with Crippen LogP contribution in [0.1, 0.15) is 57.2 Å². The van der Waals surface area contributed by atoms with Gasteiger partial charge in [0.05, 0.1) is 10.4 Å². The first-order valence-corrected chi connectivity index (χ1v) is 11.1. The topological polar surface area (TPSA) is 102 Å². The van der Waals surface area contributed by atoms with E-state index in [2.05, 4.69) is 10.1 Å². The number of benzene rings is 1. The summed E-state index contributed by atoms with van der Waals surface area (Å²) < 4.78 is 32.7. The van der Waals surface area contributed by atoms with Crippen LogP contribution in [0.2, 0.25) is 0 Å². The molecule has 2 aliphatic rings. The molecule has 0 atom stereocenters. The molecule has 2 fully saturated rings. The van der Waals surface area contributed by atoms with Crippen molar-refractivity contribution in [3.8, 4) is 11.5 Å². The fraction of sp³-hybridized carbons (Fsp3) is 0.579. The van der Waals surface area contributed by atoms with Crippen molar-refractivity contribution in [1.29, 1.82) is 0 Å². The summed E-state index contributed by atoms with van der Waals surface area (Å²) in [6.45, 7) is 0. The molecule has 1 heterocycles. The number of aromatic nitrogens is 2. The molecular formula is C19H27ClN4O3S. The largest absolute Gasteiger partial charge is 0.334 e. The van der Waals surface area contributed by atoms with Gasteiger partial charge in [0.15, 0.2) is 5.82 Å². The normalized spacial score (nSPS) is 19.8. The monoisotopic (exact) mass is 426 g/mol. The second-order valence-corrected chi connectivity index (χ2v) is 9.77. The highest BCUT2D eigenvalue weighted by molar-refractivity contribution is 7.89. The van der Waals surface area contributed by atoms with E-state index in [1.807, 2.05) is 0 Å². The minimum Gasteiger partial charge on any atom is -0.334 e. The summed E-state index contributed by atoms with van der Waals surface area (Å²) in [6, 6.07) is 6.72. The number of rotatable bonds is 5. The minimum absolute atomic E-state index is 0. The molecule has 4 rings (SSSR count). The summed E-state index contributed by atoms with van der Waals surface area (Å²) >= 11 is 0. The van der Waals surface area contributed by atoms with Crippen molar-refractivity contribution >= 4 is 22.4 Å². The van der Waals surface area contributed by atoms with E-state index in [0.29, 0.717) is 17.3 Å². The molecule has 28 heavy (non-hydrogen) atoms. The van der Waals surface area contributed by atoms with E-state index < -0.39 is 15.6 Å². The molecule has 7 nitrogen and oxygen atoms in total. The first-order valence-electron chi connectivity index (χ1n) is 9.62. The maximum atomic E-state index is 12.9. The van der Waals surface area contributed by atoms with Gasteiger partial charge in [-0.15, -0.1) is 12.4 Å². The van der Waals surface area contributed by atoms with Crippen molar-refractivity contribution in [1.82, 2.24) is 14.4 Å². The first-order chi connectivity index (χ1) is 12.9. The predicted molar refractivity (Wildman–Crippen MR) is 109 cm³/mol. The molecule has 0 aliphatic heterocycles. The molecule has 0 bridgehead atoms. The second-order valence-electron chi connectivity index (χ2n) is 7.77. The van der Waals surface area contributed by atoms with Gasteiger partial charge in [0, 0.05) is 18.7 Å². The molecule has 0 radical (unpaired) electrons. The Balaban J connectivity index is 0.00000225. The third-order valence-electron chi connectivity index (χ3n) is 5.98. The lowest BCUT2D eigenvalue weighted by atomic mass is 9.77. The Morgan fingerprint density at radius 1 is 1.11 bits per heavy atom. The lowest BCUT2D eigenvalue weighted by molar-refractivity contribution is 0.229. The molecule has 154 valence electrons. The Morgan fingerprint density at radius 2 is 1.75 bits per heavy atom. The summed E-state index contributed by atoms with van der Waals surface area (Å²) in [5, 5.41) is 4.01. The van der Waals surface area contributed by atoms with Gasteiger partial charge in [-0.2, -0.15) is 9.29 Å². The molecule has 2 saturated carbocycles. The Bertz CT molecular complexity index is 904. The highest BCUT2D eigenvalue weighted by atomic mass is 35.5. The molecular weight excluding hydrogens is 400 g/mol. The van der Waals surface area contributed by atoms with Gasteiger partial charge in [-0.05, 0) is 56.4 Å². The van der Waals surface area contributed by atoms with E-state index in [4.69, 9.17) is 10.3 Å². The SMILES string of the molecule is CN(C1CCCCC1)S(=O)(=O)c1ccc(-c2nc(C3(N)CCC3)no2)cc1.Cl. The maximum absolute atomic E-state index is 12.9. The predicted octanol–water partition coefficient (Wildman–Crippen LogP) is 3.45. The van der Waals surface area contributed by atoms with Crippen LogP contribution in [0.15, 0.2) is 33.7 Å². The Morgan fingerprint density at radius 3 is 2.32 bits per heavy atom. The lowest BCUT2D eigenvalue weighted by Gasteiger charge is -2.34. The van der Waals surface area contributed by atoms with Crippen LogP contribution in [0, 0.1) is 0 Å². The second kappa shape index (κ2) is 8.10. The molecule has 0 unspecified atom stereocenters. The van der Waals surface area contributed by atoms with Crippen LogP contribution in [0.5, 0.6) is 0 Å². The average molecular weight is 427 g/mol. The third kappa shape index (κ3) is 3.83. The van der Waals surface area contributed by atoms with Crippen LogP contribution in [-0.4, -0.2) is 36.0 Å². The molecule has 9 heteroatoms. The molecule has 1 aromatic heterocycles. The van der Waals surface area contributed by atoms with E-state index in [1.165, 1.54) is 10.7 Å². The summed E-state index contributed by atoms with van der Waals surface area (Å²) in [4.78, 5) is 4.70. The summed E-state index contributed by atoms with van der Waals surface area (Å²) in [7, 11) is -1.82. The van der Waals surface area contributed by atoms with Gasteiger partial charge in [-0.3, -0.25) is 0 Å². The Hall–Kier alpha value is -1.48. The van der Waals surface area contributed by atoms with Gasteiger partial charge in [-0.1, -0.05) is 24.4 Å². The van der Waals surface area contributed by atoms with E-state index in [0.717, 1.165) is 44.9 Å². The zero-order chi connectivity index (χ0) is 19.1. The molecule has 1 aromatic carbocycles. The van der Waals surface area contributed by atoms with Gasteiger partial charge in [-0.25, -0.2) is 8.42 Å². The molecule has 2 aliphatic carbocycles. The van der Waals surface area contributed by atoms with Crippen LogP contribution in [0.4, 0.5) is 0 Å². The van der Waals surface area contributed by atoms with Gasteiger partial charge < -0.3 is 10.3 Å². The number of nitrogens with zero attached hydrogens (tertiary/aromatic N) is 3. The van der Waals surface area contributed by atoms with Crippen LogP contribution in [-0.2, 0) is 15.6 Å². The van der Waals surface area contributed by atoms with Crippen LogP contribution in [0.25, 0.3) is 11.5 Å². The van der Waals surface area contributed by atoms with Gasteiger partial charge in [0.1, 0.15) is 0 Å². The molecule has 0 amide bonds. The minimum atomic E-state index is -3.50. The lowest BCUT2D eigenvalue weighted by Crippen LogP contribution is -2.44. The quantitative estimate of drug-likeness (QED) is 0.785. The average Bonchev–Trinajstić information content (AvgIpc) is 3.17. The highest BCUT2D eigenvalue weighted by Crippen LogP contribution is 2.37. The summed E-state index contributed by atoms with van der Waals surface area (Å²) in [5.74, 6) is 0.892. The van der Waals surface area contributed by atoms with Gasteiger partial charge in [0.25, 0.3) is 5.89 Å². The van der Waals surface area contributed by atoms with Crippen molar-refractivity contribution in [2.24, 2.45) is 5.73 Å².